The summed E-state index contributed by atoms with van der Waals surface area (Å²) >= 11 is 3.65. The minimum atomic E-state index is 0.325. The molecule has 0 radical (unpaired) electrons. The summed E-state index contributed by atoms with van der Waals surface area (Å²) in [6.07, 6.45) is 2.35. The molecule has 2 nitrogen and oxygen atoms in total. The molecule has 1 heterocycles. The highest BCUT2D eigenvalue weighted by Crippen LogP contribution is 2.30. The van der Waals surface area contributed by atoms with Crippen LogP contribution in [0, 0.1) is 6.92 Å². The van der Waals surface area contributed by atoms with Crippen molar-refractivity contribution in [1.82, 2.24) is 0 Å². The summed E-state index contributed by atoms with van der Waals surface area (Å²) in [5.41, 5.74) is 8.56. The van der Waals surface area contributed by atoms with Gasteiger partial charge in [-0.1, -0.05) is 12.1 Å². The maximum Gasteiger partial charge on any atom is 0.0513 e. The van der Waals surface area contributed by atoms with E-state index in [0.717, 1.165) is 19.5 Å². The topological polar surface area (TPSA) is 29.3 Å². The number of nitrogens with zero attached hydrogens (tertiary/aromatic N) is 1. The highest BCUT2D eigenvalue weighted by molar-refractivity contribution is 9.10. The fourth-order valence-corrected chi connectivity index (χ4v) is 2.62. The van der Waals surface area contributed by atoms with Crippen LogP contribution in [0.4, 0.5) is 5.69 Å². The lowest BCUT2D eigenvalue weighted by molar-refractivity contribution is 0.505. The van der Waals surface area contributed by atoms with E-state index >= 15 is 0 Å². The van der Waals surface area contributed by atoms with E-state index in [-0.39, 0.29) is 0 Å². The minimum absolute atomic E-state index is 0.325. The predicted molar refractivity (Wildman–Crippen MR) is 68.3 cm³/mol. The SMILES string of the molecule is Cc1cccc(N2CCCC(N)C2)c1Br. The van der Waals surface area contributed by atoms with Gasteiger partial charge in [-0.15, -0.1) is 0 Å². The van der Waals surface area contributed by atoms with Crippen LogP contribution in [-0.4, -0.2) is 19.1 Å². The first-order valence-electron chi connectivity index (χ1n) is 5.44. The molecule has 82 valence electrons. The lowest BCUT2D eigenvalue weighted by atomic mass is 10.1. The predicted octanol–water partition coefficient (Wildman–Crippen LogP) is 2.69. The van der Waals surface area contributed by atoms with Gasteiger partial charge in [-0.2, -0.15) is 0 Å². The molecule has 1 unspecified atom stereocenters. The van der Waals surface area contributed by atoms with Crippen LogP contribution in [-0.2, 0) is 0 Å². The Labute approximate surface area is 99.6 Å². The normalized spacial score (nSPS) is 21.8. The Hall–Kier alpha value is -0.540. The van der Waals surface area contributed by atoms with Gasteiger partial charge >= 0.3 is 0 Å². The second-order valence-electron chi connectivity index (χ2n) is 4.26. The third-order valence-corrected chi connectivity index (χ3v) is 4.00. The van der Waals surface area contributed by atoms with Crippen LogP contribution in [0.5, 0.6) is 0 Å². The summed E-state index contributed by atoms with van der Waals surface area (Å²) in [6, 6.07) is 6.72. The number of nitrogens with two attached hydrogens (primary N) is 1. The average molecular weight is 269 g/mol. The Morgan fingerprint density at radius 3 is 3.00 bits per heavy atom. The van der Waals surface area contributed by atoms with E-state index in [2.05, 4.69) is 46.0 Å². The van der Waals surface area contributed by atoms with E-state index in [4.69, 9.17) is 5.73 Å². The zero-order chi connectivity index (χ0) is 10.8. The number of aryl methyl sites for hydroxylation is 1. The highest BCUT2D eigenvalue weighted by Gasteiger charge is 2.18. The third-order valence-electron chi connectivity index (χ3n) is 2.97. The molecule has 1 aromatic rings. The van der Waals surface area contributed by atoms with Gasteiger partial charge in [0.1, 0.15) is 0 Å². The van der Waals surface area contributed by atoms with E-state index in [0.29, 0.717) is 6.04 Å². The van der Waals surface area contributed by atoms with Gasteiger partial charge in [-0.25, -0.2) is 0 Å². The lowest BCUT2D eigenvalue weighted by Crippen LogP contribution is -2.43. The molecule has 1 atom stereocenters. The summed E-state index contributed by atoms with van der Waals surface area (Å²) in [5.74, 6) is 0. The Morgan fingerprint density at radius 2 is 2.27 bits per heavy atom. The van der Waals surface area contributed by atoms with Crippen LogP contribution in [0.1, 0.15) is 18.4 Å². The fourth-order valence-electron chi connectivity index (χ4n) is 2.10. The number of hydrogen-bond acceptors (Lipinski definition) is 2. The highest BCUT2D eigenvalue weighted by atomic mass is 79.9. The average Bonchev–Trinajstić information content (AvgIpc) is 2.22. The van der Waals surface area contributed by atoms with Crippen LogP contribution in [0.2, 0.25) is 0 Å². The maximum atomic E-state index is 5.99. The molecular formula is C12H17BrN2. The molecule has 0 aromatic heterocycles. The Balaban J connectivity index is 2.24. The molecule has 2 rings (SSSR count). The van der Waals surface area contributed by atoms with Gasteiger partial charge in [0.2, 0.25) is 0 Å². The van der Waals surface area contributed by atoms with Crippen LogP contribution >= 0.6 is 15.9 Å². The smallest absolute Gasteiger partial charge is 0.0513 e. The van der Waals surface area contributed by atoms with Gasteiger partial charge in [0.25, 0.3) is 0 Å². The van der Waals surface area contributed by atoms with Crippen molar-refractivity contribution in [2.24, 2.45) is 5.73 Å². The molecule has 1 fully saturated rings. The molecule has 0 aliphatic carbocycles. The van der Waals surface area contributed by atoms with Crippen molar-refractivity contribution in [2.75, 3.05) is 18.0 Å². The number of rotatable bonds is 1. The Kier molecular flexibility index (Phi) is 3.32. The van der Waals surface area contributed by atoms with Gasteiger partial charge in [0.15, 0.2) is 0 Å². The summed E-state index contributed by atoms with van der Waals surface area (Å²) in [6.45, 7) is 4.22. The molecule has 1 aliphatic rings. The van der Waals surface area contributed by atoms with Crippen LogP contribution in [0.25, 0.3) is 0 Å². The second-order valence-corrected chi connectivity index (χ2v) is 5.05. The number of anilines is 1. The van der Waals surface area contributed by atoms with Crippen molar-refractivity contribution in [3.63, 3.8) is 0 Å². The molecule has 1 aliphatic heterocycles. The fraction of sp³-hybridized carbons (Fsp3) is 0.500. The molecule has 2 N–H and O–H groups in total. The summed E-state index contributed by atoms with van der Waals surface area (Å²) in [5, 5.41) is 0. The summed E-state index contributed by atoms with van der Waals surface area (Å²) in [7, 11) is 0. The third kappa shape index (κ3) is 2.34. The largest absolute Gasteiger partial charge is 0.369 e. The van der Waals surface area contributed by atoms with Crippen molar-refractivity contribution in [1.29, 1.82) is 0 Å². The first-order chi connectivity index (χ1) is 7.18. The lowest BCUT2D eigenvalue weighted by Gasteiger charge is -2.33. The molecule has 0 amide bonds. The van der Waals surface area contributed by atoms with Crippen molar-refractivity contribution < 1.29 is 0 Å². The number of benzene rings is 1. The molecule has 0 saturated carbocycles. The number of halogens is 1. The van der Waals surface area contributed by atoms with E-state index in [9.17, 15) is 0 Å². The van der Waals surface area contributed by atoms with E-state index in [1.807, 2.05) is 0 Å². The monoisotopic (exact) mass is 268 g/mol. The van der Waals surface area contributed by atoms with Gasteiger partial charge in [-0.05, 0) is 47.3 Å². The quantitative estimate of drug-likeness (QED) is 0.849. The molecule has 0 bridgehead atoms. The van der Waals surface area contributed by atoms with E-state index in [1.165, 1.54) is 22.1 Å². The van der Waals surface area contributed by atoms with Gasteiger partial charge in [0.05, 0.1) is 5.69 Å². The molecule has 3 heteroatoms. The zero-order valence-corrected chi connectivity index (χ0v) is 10.6. The van der Waals surface area contributed by atoms with Crippen LogP contribution < -0.4 is 10.6 Å². The maximum absolute atomic E-state index is 5.99. The molecular weight excluding hydrogens is 252 g/mol. The first-order valence-corrected chi connectivity index (χ1v) is 6.23. The minimum Gasteiger partial charge on any atom is -0.369 e. The van der Waals surface area contributed by atoms with Crippen molar-refractivity contribution >= 4 is 21.6 Å². The van der Waals surface area contributed by atoms with Crippen LogP contribution in [0.3, 0.4) is 0 Å². The number of hydrogen-bond donors (Lipinski definition) is 1. The first kappa shape index (κ1) is 11.0. The van der Waals surface area contributed by atoms with Gasteiger partial charge < -0.3 is 10.6 Å². The Morgan fingerprint density at radius 1 is 1.47 bits per heavy atom. The Bertz CT molecular complexity index is 351. The van der Waals surface area contributed by atoms with Gasteiger partial charge in [0, 0.05) is 23.6 Å². The number of piperidine rings is 1. The van der Waals surface area contributed by atoms with Crippen LogP contribution in [0.15, 0.2) is 22.7 Å². The van der Waals surface area contributed by atoms with E-state index < -0.39 is 0 Å². The second kappa shape index (κ2) is 4.54. The summed E-state index contributed by atoms with van der Waals surface area (Å²) in [4.78, 5) is 2.38. The van der Waals surface area contributed by atoms with E-state index in [1.54, 1.807) is 0 Å². The standard InChI is InChI=1S/C12H17BrN2/c1-9-4-2-6-11(12(9)13)15-7-3-5-10(14)8-15/h2,4,6,10H,3,5,7-8,14H2,1H3. The molecule has 1 saturated heterocycles. The summed E-state index contributed by atoms with van der Waals surface area (Å²) < 4.78 is 1.21. The molecule has 15 heavy (non-hydrogen) atoms. The van der Waals surface area contributed by atoms with Crippen molar-refractivity contribution in [3.8, 4) is 0 Å². The zero-order valence-electron chi connectivity index (χ0n) is 9.04. The molecule has 0 spiro atoms. The van der Waals surface area contributed by atoms with Crippen molar-refractivity contribution in [2.45, 2.75) is 25.8 Å². The molecule has 1 aromatic carbocycles. The van der Waals surface area contributed by atoms with Gasteiger partial charge in [-0.3, -0.25) is 0 Å². The van der Waals surface area contributed by atoms with Crippen molar-refractivity contribution in [3.05, 3.63) is 28.2 Å².